The van der Waals surface area contributed by atoms with Gasteiger partial charge in [0.05, 0.1) is 11.0 Å². The van der Waals surface area contributed by atoms with Crippen LogP contribution in [0.25, 0.3) is 0 Å². The van der Waals surface area contributed by atoms with Crippen LogP contribution in [0.4, 0.5) is 5.82 Å². The van der Waals surface area contributed by atoms with Crippen molar-refractivity contribution in [2.24, 2.45) is 5.92 Å². The summed E-state index contributed by atoms with van der Waals surface area (Å²) in [6, 6.07) is 0.122. The molecule has 1 saturated heterocycles. The average Bonchev–Trinajstić information content (AvgIpc) is 2.72. The Morgan fingerprint density at radius 3 is 2.72 bits per heavy atom. The molecule has 0 radical (unpaired) electrons. The largest absolute Gasteiger partial charge is 0.309 e. The number of aryl methyl sites for hydroxylation is 1. The molecule has 0 saturated carbocycles. The van der Waals surface area contributed by atoms with Crippen LogP contribution in [0, 0.1) is 12.8 Å². The summed E-state index contributed by atoms with van der Waals surface area (Å²) in [6.07, 6.45) is 1.97. The van der Waals surface area contributed by atoms with E-state index in [1.54, 1.807) is 11.3 Å². The third-order valence-corrected chi connectivity index (χ3v) is 4.64. The van der Waals surface area contributed by atoms with E-state index in [0.717, 1.165) is 23.7 Å². The SMILES string of the molecule is CNC1CCC(C)C(C)N(c2csc(C)n2)C1=O. The fourth-order valence-electron chi connectivity index (χ4n) is 2.47. The monoisotopic (exact) mass is 267 g/mol. The number of thiazole rings is 1. The van der Waals surface area contributed by atoms with E-state index in [1.165, 1.54) is 0 Å². The van der Waals surface area contributed by atoms with Gasteiger partial charge in [0.25, 0.3) is 0 Å². The molecule has 4 nitrogen and oxygen atoms in total. The number of rotatable bonds is 2. The number of anilines is 1. The standard InChI is InChI=1S/C13H21N3OS/c1-8-5-6-11(14-4)13(17)16(9(8)2)12-7-18-10(3)15-12/h7-9,11,14H,5-6H2,1-4H3. The first-order chi connectivity index (χ1) is 8.54. The maximum atomic E-state index is 12.6. The van der Waals surface area contributed by atoms with E-state index in [0.29, 0.717) is 5.92 Å². The van der Waals surface area contributed by atoms with Crippen LogP contribution in [-0.4, -0.2) is 30.0 Å². The van der Waals surface area contributed by atoms with Gasteiger partial charge in [-0.1, -0.05) is 6.92 Å². The molecule has 1 N–H and O–H groups in total. The van der Waals surface area contributed by atoms with Gasteiger partial charge in [0.15, 0.2) is 0 Å². The lowest BCUT2D eigenvalue weighted by atomic mass is 9.98. The first-order valence-corrected chi connectivity index (χ1v) is 7.35. The Labute approximate surface area is 112 Å². The van der Waals surface area contributed by atoms with E-state index in [2.05, 4.69) is 24.1 Å². The number of likely N-dealkylation sites (N-methyl/N-ethyl adjacent to an activating group) is 1. The number of carbonyl (C=O) groups excluding carboxylic acids is 1. The van der Waals surface area contributed by atoms with Gasteiger partial charge in [-0.3, -0.25) is 9.69 Å². The zero-order chi connectivity index (χ0) is 13.3. The van der Waals surface area contributed by atoms with Crippen molar-refractivity contribution in [2.45, 2.75) is 45.7 Å². The molecule has 1 fully saturated rings. The summed E-state index contributed by atoms with van der Waals surface area (Å²) in [4.78, 5) is 18.9. The number of hydrogen-bond acceptors (Lipinski definition) is 4. The summed E-state index contributed by atoms with van der Waals surface area (Å²) >= 11 is 1.59. The van der Waals surface area contributed by atoms with Crippen molar-refractivity contribution in [1.82, 2.24) is 10.3 Å². The molecule has 3 unspecified atom stereocenters. The molecule has 2 rings (SSSR count). The lowest BCUT2D eigenvalue weighted by Gasteiger charge is -2.30. The Bertz CT molecular complexity index is 432. The second kappa shape index (κ2) is 5.36. The first-order valence-electron chi connectivity index (χ1n) is 6.47. The maximum Gasteiger partial charge on any atom is 0.245 e. The molecular weight excluding hydrogens is 246 g/mol. The van der Waals surface area contributed by atoms with Gasteiger partial charge in [0, 0.05) is 11.4 Å². The van der Waals surface area contributed by atoms with Crippen molar-refractivity contribution < 1.29 is 4.79 Å². The van der Waals surface area contributed by atoms with Gasteiger partial charge in [0.2, 0.25) is 5.91 Å². The highest BCUT2D eigenvalue weighted by Gasteiger charge is 2.35. The van der Waals surface area contributed by atoms with E-state index < -0.39 is 0 Å². The van der Waals surface area contributed by atoms with Gasteiger partial charge in [-0.05, 0) is 39.7 Å². The zero-order valence-electron chi connectivity index (χ0n) is 11.4. The fraction of sp³-hybridized carbons (Fsp3) is 0.692. The summed E-state index contributed by atoms with van der Waals surface area (Å²) in [5, 5.41) is 6.11. The van der Waals surface area contributed by atoms with Crippen molar-refractivity contribution in [3.8, 4) is 0 Å². The van der Waals surface area contributed by atoms with Crippen molar-refractivity contribution in [3.05, 3.63) is 10.4 Å². The van der Waals surface area contributed by atoms with Crippen molar-refractivity contribution >= 4 is 23.1 Å². The molecule has 0 bridgehead atoms. The van der Waals surface area contributed by atoms with Crippen LogP contribution in [0.1, 0.15) is 31.7 Å². The van der Waals surface area contributed by atoms with Crippen molar-refractivity contribution in [2.75, 3.05) is 11.9 Å². The molecule has 18 heavy (non-hydrogen) atoms. The zero-order valence-corrected chi connectivity index (χ0v) is 12.3. The highest BCUT2D eigenvalue weighted by Crippen LogP contribution is 2.29. The number of nitrogens with one attached hydrogen (secondary N) is 1. The molecule has 1 aliphatic rings. The lowest BCUT2D eigenvalue weighted by Crippen LogP contribution is -2.48. The van der Waals surface area contributed by atoms with Gasteiger partial charge in [-0.15, -0.1) is 11.3 Å². The van der Waals surface area contributed by atoms with Crippen molar-refractivity contribution in [3.63, 3.8) is 0 Å². The average molecular weight is 267 g/mol. The molecule has 1 amide bonds. The number of nitrogens with zero attached hydrogens (tertiary/aromatic N) is 2. The van der Waals surface area contributed by atoms with E-state index in [-0.39, 0.29) is 18.0 Å². The Morgan fingerprint density at radius 1 is 1.44 bits per heavy atom. The Balaban J connectivity index is 2.35. The molecule has 3 atom stereocenters. The molecule has 5 heteroatoms. The van der Waals surface area contributed by atoms with E-state index in [1.807, 2.05) is 24.3 Å². The minimum absolute atomic E-state index is 0.0839. The summed E-state index contributed by atoms with van der Waals surface area (Å²) in [7, 11) is 1.85. The summed E-state index contributed by atoms with van der Waals surface area (Å²) in [5.74, 6) is 1.46. The van der Waals surface area contributed by atoms with Gasteiger partial charge in [0.1, 0.15) is 5.82 Å². The van der Waals surface area contributed by atoms with Gasteiger partial charge in [-0.25, -0.2) is 4.98 Å². The number of aromatic nitrogens is 1. The van der Waals surface area contributed by atoms with Gasteiger partial charge >= 0.3 is 0 Å². The predicted octanol–water partition coefficient (Wildman–Crippen LogP) is 2.19. The van der Waals surface area contributed by atoms with E-state index >= 15 is 0 Å². The van der Waals surface area contributed by atoms with Gasteiger partial charge in [-0.2, -0.15) is 0 Å². The lowest BCUT2D eigenvalue weighted by molar-refractivity contribution is -0.120. The molecule has 0 aromatic carbocycles. The minimum atomic E-state index is -0.0839. The Hall–Kier alpha value is -0.940. The third-order valence-electron chi connectivity index (χ3n) is 3.88. The van der Waals surface area contributed by atoms with Gasteiger partial charge < -0.3 is 5.32 Å². The second-order valence-electron chi connectivity index (χ2n) is 5.07. The first kappa shape index (κ1) is 13.5. The molecule has 2 heterocycles. The highest BCUT2D eigenvalue weighted by atomic mass is 32.1. The topological polar surface area (TPSA) is 45.2 Å². The Morgan fingerprint density at radius 2 is 2.17 bits per heavy atom. The maximum absolute atomic E-state index is 12.6. The van der Waals surface area contributed by atoms with Crippen LogP contribution in [0.3, 0.4) is 0 Å². The second-order valence-corrected chi connectivity index (χ2v) is 6.13. The molecule has 1 aromatic heterocycles. The van der Waals surface area contributed by atoms with E-state index in [9.17, 15) is 4.79 Å². The quantitative estimate of drug-likeness (QED) is 0.893. The van der Waals surface area contributed by atoms with Crippen LogP contribution < -0.4 is 10.2 Å². The predicted molar refractivity (Wildman–Crippen MR) is 75.0 cm³/mol. The van der Waals surface area contributed by atoms with Crippen LogP contribution in [0.15, 0.2) is 5.38 Å². The molecule has 0 spiro atoms. The normalized spacial score (nSPS) is 29.4. The van der Waals surface area contributed by atoms with Crippen LogP contribution in [0.2, 0.25) is 0 Å². The van der Waals surface area contributed by atoms with E-state index in [4.69, 9.17) is 0 Å². The van der Waals surface area contributed by atoms with Crippen LogP contribution >= 0.6 is 11.3 Å². The molecular formula is C13H21N3OS. The third kappa shape index (κ3) is 2.42. The highest BCUT2D eigenvalue weighted by molar-refractivity contribution is 7.09. The minimum Gasteiger partial charge on any atom is -0.309 e. The van der Waals surface area contributed by atoms with Crippen LogP contribution in [0.5, 0.6) is 0 Å². The number of hydrogen-bond donors (Lipinski definition) is 1. The Kier molecular flexibility index (Phi) is 4.02. The fourth-order valence-corrected chi connectivity index (χ4v) is 3.06. The smallest absolute Gasteiger partial charge is 0.245 e. The molecule has 0 aliphatic carbocycles. The number of carbonyl (C=O) groups is 1. The summed E-state index contributed by atoms with van der Waals surface area (Å²) < 4.78 is 0. The summed E-state index contributed by atoms with van der Waals surface area (Å²) in [5.41, 5.74) is 0. The number of amides is 1. The molecule has 1 aromatic rings. The molecule has 1 aliphatic heterocycles. The van der Waals surface area contributed by atoms with Crippen molar-refractivity contribution in [1.29, 1.82) is 0 Å². The summed E-state index contributed by atoms with van der Waals surface area (Å²) in [6.45, 7) is 6.30. The molecule has 100 valence electrons. The van der Waals surface area contributed by atoms with Crippen LogP contribution in [-0.2, 0) is 4.79 Å².